The van der Waals surface area contributed by atoms with E-state index in [1.54, 1.807) is 49.4 Å². The molecule has 2 amide bonds. The highest BCUT2D eigenvalue weighted by Crippen LogP contribution is 2.25. The second kappa shape index (κ2) is 12.9. The van der Waals surface area contributed by atoms with Crippen LogP contribution in [0.3, 0.4) is 0 Å². The van der Waals surface area contributed by atoms with Crippen LogP contribution in [0.4, 0.5) is 10.1 Å². The molecule has 0 aliphatic heterocycles. The fourth-order valence-corrected chi connectivity index (χ4v) is 5.37. The lowest BCUT2D eigenvalue weighted by Gasteiger charge is -2.32. The SMILES string of the molecule is CC(C)CNC(=O)[C@H](C)N(Cc1cccc(Cl)c1)C(=O)CN(c1ccc(F)cc1)S(=O)(=O)c1ccccc1. The number of hydrogen-bond acceptors (Lipinski definition) is 4. The highest BCUT2D eigenvalue weighted by molar-refractivity contribution is 7.92. The Morgan fingerprint density at radius 3 is 2.21 bits per heavy atom. The van der Waals surface area contributed by atoms with Crippen molar-refractivity contribution in [1.29, 1.82) is 0 Å². The van der Waals surface area contributed by atoms with Crippen LogP contribution in [0.5, 0.6) is 0 Å². The number of nitrogens with zero attached hydrogens (tertiary/aromatic N) is 2. The van der Waals surface area contributed by atoms with E-state index >= 15 is 0 Å². The van der Waals surface area contributed by atoms with Crippen molar-refractivity contribution in [3.05, 3.63) is 95.3 Å². The first kappa shape index (κ1) is 29.1. The largest absolute Gasteiger partial charge is 0.354 e. The van der Waals surface area contributed by atoms with E-state index in [1.807, 2.05) is 13.8 Å². The van der Waals surface area contributed by atoms with Gasteiger partial charge < -0.3 is 10.2 Å². The van der Waals surface area contributed by atoms with E-state index in [9.17, 15) is 22.4 Å². The summed E-state index contributed by atoms with van der Waals surface area (Å²) in [5, 5.41) is 3.29. The Labute approximate surface area is 228 Å². The third kappa shape index (κ3) is 7.55. The van der Waals surface area contributed by atoms with Crippen LogP contribution in [0, 0.1) is 11.7 Å². The molecule has 1 N–H and O–H groups in total. The van der Waals surface area contributed by atoms with Crippen LogP contribution in [-0.2, 0) is 26.2 Å². The zero-order chi connectivity index (χ0) is 27.9. The predicted octanol–water partition coefficient (Wildman–Crippen LogP) is 4.86. The van der Waals surface area contributed by atoms with Gasteiger partial charge in [-0.25, -0.2) is 12.8 Å². The summed E-state index contributed by atoms with van der Waals surface area (Å²) in [6.07, 6.45) is 0. The molecule has 38 heavy (non-hydrogen) atoms. The van der Waals surface area contributed by atoms with Crippen molar-refractivity contribution >= 4 is 39.1 Å². The summed E-state index contributed by atoms with van der Waals surface area (Å²) >= 11 is 6.14. The number of benzene rings is 3. The van der Waals surface area contributed by atoms with Crippen LogP contribution in [0.1, 0.15) is 26.3 Å². The molecule has 0 spiro atoms. The molecule has 7 nitrogen and oxygen atoms in total. The molecular formula is C28H31ClFN3O4S. The number of carbonyl (C=O) groups is 2. The minimum Gasteiger partial charge on any atom is -0.354 e. The van der Waals surface area contributed by atoms with Gasteiger partial charge in [0.1, 0.15) is 18.4 Å². The van der Waals surface area contributed by atoms with Crippen LogP contribution in [-0.4, -0.2) is 44.3 Å². The Morgan fingerprint density at radius 1 is 0.947 bits per heavy atom. The van der Waals surface area contributed by atoms with Gasteiger partial charge in [0.25, 0.3) is 10.0 Å². The van der Waals surface area contributed by atoms with E-state index in [1.165, 1.54) is 29.2 Å². The van der Waals surface area contributed by atoms with Crippen LogP contribution < -0.4 is 9.62 Å². The van der Waals surface area contributed by atoms with Gasteiger partial charge in [0.15, 0.2) is 0 Å². The zero-order valence-corrected chi connectivity index (χ0v) is 23.0. The topological polar surface area (TPSA) is 86.8 Å². The number of carbonyl (C=O) groups excluding carboxylic acids is 2. The first-order valence-corrected chi connectivity index (χ1v) is 14.0. The Hall–Kier alpha value is -3.43. The summed E-state index contributed by atoms with van der Waals surface area (Å²) in [5.41, 5.74) is 0.789. The fourth-order valence-electron chi connectivity index (χ4n) is 3.72. The highest BCUT2D eigenvalue weighted by Gasteiger charge is 2.32. The molecule has 0 saturated heterocycles. The molecule has 0 radical (unpaired) electrons. The number of nitrogens with one attached hydrogen (secondary N) is 1. The summed E-state index contributed by atoms with van der Waals surface area (Å²) in [7, 11) is -4.20. The zero-order valence-electron chi connectivity index (χ0n) is 21.5. The second-order valence-corrected chi connectivity index (χ2v) is 11.6. The lowest BCUT2D eigenvalue weighted by molar-refractivity contribution is -0.139. The number of sulfonamides is 1. The van der Waals surface area contributed by atoms with Gasteiger partial charge in [0.2, 0.25) is 11.8 Å². The molecule has 0 aromatic heterocycles. The van der Waals surface area contributed by atoms with Crippen LogP contribution in [0.25, 0.3) is 0 Å². The lowest BCUT2D eigenvalue weighted by Crippen LogP contribution is -2.51. The van der Waals surface area contributed by atoms with Gasteiger partial charge in [-0.05, 0) is 66.9 Å². The van der Waals surface area contributed by atoms with E-state index in [2.05, 4.69) is 5.32 Å². The van der Waals surface area contributed by atoms with Crippen molar-refractivity contribution in [2.75, 3.05) is 17.4 Å². The van der Waals surface area contributed by atoms with E-state index < -0.39 is 34.3 Å². The van der Waals surface area contributed by atoms with Crippen molar-refractivity contribution in [3.63, 3.8) is 0 Å². The predicted molar refractivity (Wildman–Crippen MR) is 147 cm³/mol. The summed E-state index contributed by atoms with van der Waals surface area (Å²) < 4.78 is 41.8. The third-order valence-electron chi connectivity index (χ3n) is 5.82. The fraction of sp³-hybridized carbons (Fsp3) is 0.286. The average Bonchev–Trinajstić information content (AvgIpc) is 2.89. The van der Waals surface area contributed by atoms with Gasteiger partial charge in [-0.15, -0.1) is 0 Å². The highest BCUT2D eigenvalue weighted by atomic mass is 35.5. The molecule has 3 rings (SSSR count). The molecule has 0 bridgehead atoms. The number of amides is 2. The van der Waals surface area contributed by atoms with Gasteiger partial charge in [0, 0.05) is 18.1 Å². The maximum atomic E-state index is 13.8. The lowest BCUT2D eigenvalue weighted by atomic mass is 10.1. The van der Waals surface area contributed by atoms with E-state index in [4.69, 9.17) is 11.6 Å². The van der Waals surface area contributed by atoms with Gasteiger partial charge in [-0.2, -0.15) is 0 Å². The smallest absolute Gasteiger partial charge is 0.264 e. The molecule has 3 aromatic rings. The van der Waals surface area contributed by atoms with Gasteiger partial charge in [-0.3, -0.25) is 13.9 Å². The first-order valence-electron chi connectivity index (χ1n) is 12.1. The maximum absolute atomic E-state index is 13.8. The normalized spacial score (nSPS) is 12.2. The summed E-state index contributed by atoms with van der Waals surface area (Å²) in [4.78, 5) is 28.0. The van der Waals surface area contributed by atoms with Crippen molar-refractivity contribution in [3.8, 4) is 0 Å². The summed E-state index contributed by atoms with van der Waals surface area (Å²) in [6, 6.07) is 18.5. The van der Waals surface area contributed by atoms with Crippen LogP contribution in [0.15, 0.2) is 83.8 Å². The van der Waals surface area contributed by atoms with Crippen molar-refractivity contribution in [2.24, 2.45) is 5.92 Å². The van der Waals surface area contributed by atoms with Gasteiger partial charge in [-0.1, -0.05) is 55.8 Å². The maximum Gasteiger partial charge on any atom is 0.264 e. The summed E-state index contributed by atoms with van der Waals surface area (Å²) in [5.74, 6) is -1.32. The summed E-state index contributed by atoms with van der Waals surface area (Å²) in [6.45, 7) is 5.34. The molecule has 1 atom stereocenters. The second-order valence-electron chi connectivity index (χ2n) is 9.27. The Bertz CT molecular complexity index is 1350. The number of rotatable bonds is 11. The third-order valence-corrected chi connectivity index (χ3v) is 7.84. The quantitative estimate of drug-likeness (QED) is 0.363. The molecule has 3 aromatic carbocycles. The minimum atomic E-state index is -4.20. The molecular weight excluding hydrogens is 529 g/mol. The molecule has 0 saturated carbocycles. The van der Waals surface area contributed by atoms with Crippen LogP contribution >= 0.6 is 11.6 Å². The average molecular weight is 560 g/mol. The molecule has 10 heteroatoms. The Morgan fingerprint density at radius 2 is 1.61 bits per heavy atom. The Kier molecular flexibility index (Phi) is 9.88. The van der Waals surface area contributed by atoms with Gasteiger partial charge >= 0.3 is 0 Å². The van der Waals surface area contributed by atoms with E-state index in [-0.39, 0.29) is 29.0 Å². The van der Waals surface area contributed by atoms with E-state index in [0.717, 1.165) is 16.4 Å². The molecule has 0 aliphatic rings. The molecule has 0 heterocycles. The molecule has 0 unspecified atom stereocenters. The van der Waals surface area contributed by atoms with Gasteiger partial charge in [0.05, 0.1) is 10.6 Å². The van der Waals surface area contributed by atoms with Crippen molar-refractivity contribution in [2.45, 2.75) is 38.3 Å². The van der Waals surface area contributed by atoms with E-state index in [0.29, 0.717) is 17.1 Å². The molecule has 0 aliphatic carbocycles. The first-order chi connectivity index (χ1) is 18.0. The van der Waals surface area contributed by atoms with Crippen molar-refractivity contribution in [1.82, 2.24) is 10.2 Å². The molecule has 202 valence electrons. The molecule has 0 fully saturated rings. The monoisotopic (exact) mass is 559 g/mol. The standard InChI is InChI=1S/C28H31ClFN3O4S/c1-20(2)17-31-28(35)21(3)32(18-22-8-7-9-23(29)16-22)27(34)19-33(25-14-12-24(30)13-15-25)38(36,37)26-10-5-4-6-11-26/h4-16,20-21H,17-19H2,1-3H3,(H,31,35)/t21-/m0/s1. The van der Waals surface area contributed by atoms with Crippen LogP contribution in [0.2, 0.25) is 5.02 Å². The van der Waals surface area contributed by atoms with Crippen molar-refractivity contribution < 1.29 is 22.4 Å². The number of hydrogen-bond donors (Lipinski definition) is 1. The Balaban J connectivity index is 1.99. The minimum absolute atomic E-state index is 0.0261. The number of anilines is 1. The number of halogens is 2.